The van der Waals surface area contributed by atoms with Crippen LogP contribution in [0, 0.1) is 12.7 Å². The molecule has 2 aliphatic heterocycles. The smallest absolute Gasteiger partial charge is 0.410 e. The van der Waals surface area contributed by atoms with Crippen LogP contribution in [0.1, 0.15) is 39.1 Å². The summed E-state index contributed by atoms with van der Waals surface area (Å²) in [4.78, 5) is 39.9. The Labute approximate surface area is 214 Å². The predicted octanol–water partition coefficient (Wildman–Crippen LogP) is 3.61. The number of aryl methyl sites for hydroxylation is 1. The third kappa shape index (κ3) is 4.87. The summed E-state index contributed by atoms with van der Waals surface area (Å²) in [7, 11) is 0. The number of nitrogens with one attached hydrogen (secondary N) is 1. The molecule has 0 radical (unpaired) electrons. The van der Waals surface area contributed by atoms with Crippen LogP contribution in [0.2, 0.25) is 0 Å². The van der Waals surface area contributed by atoms with E-state index in [0.717, 1.165) is 11.3 Å². The van der Waals surface area contributed by atoms with Gasteiger partial charge in [0.1, 0.15) is 17.2 Å². The van der Waals surface area contributed by atoms with E-state index < -0.39 is 17.4 Å². The van der Waals surface area contributed by atoms with Gasteiger partial charge in [-0.1, -0.05) is 0 Å². The number of anilines is 3. The lowest BCUT2D eigenvalue weighted by molar-refractivity contribution is 0.0159. The SMILES string of the molecule is Cc1nc2cc(NC(=O)N3CCc4c(N5CCN(C(=O)OC(C)(C)C)[C@H](C)C5)ccnc43)c(F)cn2n1. The average Bonchev–Trinajstić information content (AvgIpc) is 3.40. The van der Waals surface area contributed by atoms with Gasteiger partial charge in [0.25, 0.3) is 0 Å². The Morgan fingerprint density at radius 1 is 1.22 bits per heavy atom. The van der Waals surface area contributed by atoms with Gasteiger partial charge < -0.3 is 19.9 Å². The van der Waals surface area contributed by atoms with Crippen LogP contribution in [0.4, 0.5) is 31.2 Å². The number of ether oxygens (including phenoxy) is 1. The molecule has 2 aliphatic rings. The van der Waals surface area contributed by atoms with Crippen molar-refractivity contribution in [1.29, 1.82) is 0 Å². The van der Waals surface area contributed by atoms with Crippen molar-refractivity contribution in [1.82, 2.24) is 24.5 Å². The summed E-state index contributed by atoms with van der Waals surface area (Å²) in [5.74, 6) is 0.454. The van der Waals surface area contributed by atoms with Crippen molar-refractivity contribution in [2.45, 2.75) is 52.7 Å². The first kappa shape index (κ1) is 24.7. The van der Waals surface area contributed by atoms with Crippen LogP contribution in [0.15, 0.2) is 24.5 Å². The predicted molar refractivity (Wildman–Crippen MR) is 137 cm³/mol. The molecular weight excluding hydrogens is 479 g/mol. The third-order valence-corrected chi connectivity index (χ3v) is 6.46. The van der Waals surface area contributed by atoms with Gasteiger partial charge in [-0.2, -0.15) is 5.10 Å². The van der Waals surface area contributed by atoms with Crippen LogP contribution in [-0.4, -0.2) is 74.4 Å². The Morgan fingerprint density at radius 2 is 2.00 bits per heavy atom. The number of rotatable bonds is 2. The minimum absolute atomic E-state index is 0.0293. The van der Waals surface area contributed by atoms with Crippen molar-refractivity contribution in [2.24, 2.45) is 0 Å². The number of carbonyl (C=O) groups is 2. The van der Waals surface area contributed by atoms with Crippen molar-refractivity contribution in [3.63, 3.8) is 0 Å². The molecule has 0 unspecified atom stereocenters. The Bertz CT molecular complexity index is 1370. The molecule has 196 valence electrons. The number of fused-ring (bicyclic) bond motifs is 2. The molecule has 0 saturated carbocycles. The summed E-state index contributed by atoms with van der Waals surface area (Å²) in [6.45, 7) is 11.5. The van der Waals surface area contributed by atoms with Crippen molar-refractivity contribution < 1.29 is 18.7 Å². The van der Waals surface area contributed by atoms with E-state index in [1.54, 1.807) is 18.0 Å². The van der Waals surface area contributed by atoms with Gasteiger partial charge in [-0.15, -0.1) is 0 Å². The normalized spacial score (nSPS) is 17.8. The second kappa shape index (κ2) is 9.16. The number of hydrogen-bond donors (Lipinski definition) is 1. The fraction of sp³-hybridized carbons (Fsp3) is 0.480. The van der Waals surface area contributed by atoms with E-state index in [0.29, 0.717) is 49.9 Å². The zero-order valence-electron chi connectivity index (χ0n) is 21.7. The minimum Gasteiger partial charge on any atom is -0.444 e. The van der Waals surface area contributed by atoms with Crippen molar-refractivity contribution in [3.8, 4) is 0 Å². The molecule has 0 bridgehead atoms. The molecular formula is C25H31FN8O3. The third-order valence-electron chi connectivity index (χ3n) is 6.46. The van der Waals surface area contributed by atoms with E-state index in [9.17, 15) is 14.0 Å². The van der Waals surface area contributed by atoms with Crippen molar-refractivity contribution in [2.75, 3.05) is 41.3 Å². The van der Waals surface area contributed by atoms with Crippen LogP contribution in [0.25, 0.3) is 5.65 Å². The lowest BCUT2D eigenvalue weighted by atomic mass is 10.1. The molecule has 0 aromatic carbocycles. The molecule has 0 aliphatic carbocycles. The fourth-order valence-electron chi connectivity index (χ4n) is 4.83. The molecule has 1 atom stereocenters. The molecule has 1 N–H and O–H groups in total. The number of pyridine rings is 2. The lowest BCUT2D eigenvalue weighted by Gasteiger charge is -2.41. The highest BCUT2D eigenvalue weighted by atomic mass is 19.1. The van der Waals surface area contributed by atoms with E-state index in [1.165, 1.54) is 21.7 Å². The van der Waals surface area contributed by atoms with Gasteiger partial charge in [-0.05, 0) is 47.1 Å². The molecule has 3 aromatic rings. The number of piperazine rings is 1. The molecule has 0 spiro atoms. The molecule has 3 amide bonds. The van der Waals surface area contributed by atoms with Crippen molar-refractivity contribution >= 4 is 35.0 Å². The highest BCUT2D eigenvalue weighted by Gasteiger charge is 2.34. The number of hydrogen-bond acceptors (Lipinski definition) is 7. The average molecular weight is 511 g/mol. The number of aromatic nitrogens is 4. The molecule has 5 heterocycles. The van der Waals surface area contributed by atoms with E-state index in [1.807, 2.05) is 33.8 Å². The maximum atomic E-state index is 14.6. The van der Waals surface area contributed by atoms with E-state index >= 15 is 0 Å². The number of carbonyl (C=O) groups excluding carboxylic acids is 2. The number of halogens is 1. The monoisotopic (exact) mass is 510 g/mol. The minimum atomic E-state index is -0.608. The van der Waals surface area contributed by atoms with Gasteiger partial charge in [-0.25, -0.2) is 28.5 Å². The Balaban J connectivity index is 1.31. The highest BCUT2D eigenvalue weighted by Crippen LogP contribution is 2.35. The first-order chi connectivity index (χ1) is 17.5. The van der Waals surface area contributed by atoms with Crippen molar-refractivity contribution in [3.05, 3.63) is 41.7 Å². The highest BCUT2D eigenvalue weighted by molar-refractivity contribution is 6.03. The Kier molecular flexibility index (Phi) is 6.12. The van der Waals surface area contributed by atoms with Gasteiger partial charge in [0.2, 0.25) is 0 Å². The van der Waals surface area contributed by atoms with Crippen LogP contribution < -0.4 is 15.1 Å². The van der Waals surface area contributed by atoms with Gasteiger partial charge in [0.15, 0.2) is 11.5 Å². The largest absolute Gasteiger partial charge is 0.444 e. The van der Waals surface area contributed by atoms with Gasteiger partial charge in [-0.3, -0.25) is 4.90 Å². The quantitative estimate of drug-likeness (QED) is 0.561. The maximum absolute atomic E-state index is 14.6. The van der Waals surface area contributed by atoms with Crippen LogP contribution >= 0.6 is 0 Å². The van der Waals surface area contributed by atoms with E-state index in [2.05, 4.69) is 25.3 Å². The summed E-state index contributed by atoms with van der Waals surface area (Å²) in [6, 6.07) is 2.88. The Hall–Kier alpha value is -3.96. The maximum Gasteiger partial charge on any atom is 0.410 e. The fourth-order valence-corrected chi connectivity index (χ4v) is 4.83. The summed E-state index contributed by atoms with van der Waals surface area (Å²) < 4.78 is 21.5. The number of nitrogens with zero attached hydrogens (tertiary/aromatic N) is 7. The van der Waals surface area contributed by atoms with E-state index in [4.69, 9.17) is 4.74 Å². The first-order valence-electron chi connectivity index (χ1n) is 12.3. The van der Waals surface area contributed by atoms with Gasteiger partial charge in [0, 0.05) is 55.7 Å². The zero-order valence-corrected chi connectivity index (χ0v) is 21.7. The van der Waals surface area contributed by atoms with Crippen LogP contribution in [0.3, 0.4) is 0 Å². The molecule has 11 nitrogen and oxygen atoms in total. The van der Waals surface area contributed by atoms with Crippen LogP contribution in [-0.2, 0) is 11.2 Å². The molecule has 3 aromatic heterocycles. The molecule has 1 fully saturated rings. The summed E-state index contributed by atoms with van der Waals surface area (Å²) >= 11 is 0. The number of amides is 3. The van der Waals surface area contributed by atoms with Gasteiger partial charge in [0.05, 0.1) is 11.9 Å². The van der Waals surface area contributed by atoms with Gasteiger partial charge >= 0.3 is 12.1 Å². The molecule has 1 saturated heterocycles. The molecule has 5 rings (SSSR count). The lowest BCUT2D eigenvalue weighted by Crippen LogP contribution is -2.55. The topological polar surface area (TPSA) is 108 Å². The number of urea groups is 1. The molecule has 12 heteroatoms. The second-order valence-electron chi connectivity index (χ2n) is 10.4. The summed E-state index contributed by atoms with van der Waals surface area (Å²) in [6.07, 6.45) is 3.18. The van der Waals surface area contributed by atoms with Crippen LogP contribution in [0.5, 0.6) is 0 Å². The Morgan fingerprint density at radius 3 is 2.73 bits per heavy atom. The molecule has 37 heavy (non-hydrogen) atoms. The summed E-state index contributed by atoms with van der Waals surface area (Å²) in [5, 5.41) is 6.75. The zero-order chi connectivity index (χ0) is 26.5. The second-order valence-corrected chi connectivity index (χ2v) is 10.4. The standard InChI is InChI=1S/C25H31FN8O3/c1-15-13-31(10-11-32(15)24(36)37-25(3,4)5)20-6-8-27-22-17(20)7-9-33(22)23(35)29-19-12-21-28-16(2)30-34(21)14-18(19)26/h6,8,12,14-15H,7,9-11,13H2,1-5H3,(H,29,35)/t15-/m1/s1. The van der Waals surface area contributed by atoms with E-state index in [-0.39, 0.29) is 17.8 Å². The first-order valence-corrected chi connectivity index (χ1v) is 12.3. The summed E-state index contributed by atoms with van der Waals surface area (Å²) in [5.41, 5.74) is 1.87.